The second-order valence-corrected chi connectivity index (χ2v) is 6.76. The molecule has 2 aliphatic rings. The third-order valence-corrected chi connectivity index (χ3v) is 5.46. The van der Waals surface area contributed by atoms with E-state index in [0.29, 0.717) is 25.3 Å². The van der Waals surface area contributed by atoms with Gasteiger partial charge in [0, 0.05) is 19.6 Å². The number of hydrogen-bond acceptors (Lipinski definition) is 2. The molecule has 0 bridgehead atoms. The van der Waals surface area contributed by atoms with Gasteiger partial charge in [0.05, 0.1) is 0 Å². The van der Waals surface area contributed by atoms with Gasteiger partial charge in [-0.3, -0.25) is 0 Å². The van der Waals surface area contributed by atoms with Crippen LogP contribution in [0.4, 0.5) is 4.79 Å². The van der Waals surface area contributed by atoms with Gasteiger partial charge in [-0.2, -0.15) is 0 Å². The van der Waals surface area contributed by atoms with Crippen LogP contribution < -0.4 is 0 Å². The Bertz CT molecular complexity index is 412. The minimum Gasteiger partial charge on any atom is -0.479 e. The zero-order valence-corrected chi connectivity index (χ0v) is 13.5. The van der Waals surface area contributed by atoms with E-state index >= 15 is 0 Å². The molecule has 1 aliphatic heterocycles. The predicted molar refractivity (Wildman–Crippen MR) is 81.2 cm³/mol. The molecule has 0 aromatic carbocycles. The van der Waals surface area contributed by atoms with Gasteiger partial charge < -0.3 is 14.9 Å². The zero-order valence-electron chi connectivity index (χ0n) is 13.5. The SMILES string of the molecule is CCC1(C(=O)O)CCCN1C(=O)N(C)C1CCCC(C)C1. The molecule has 1 saturated heterocycles. The predicted octanol–water partition coefficient (Wildman–Crippen LogP) is 2.95. The van der Waals surface area contributed by atoms with Crippen LogP contribution in [0, 0.1) is 5.92 Å². The van der Waals surface area contributed by atoms with Gasteiger partial charge in [-0.05, 0) is 38.0 Å². The number of nitrogens with zero attached hydrogens (tertiary/aromatic N) is 2. The number of aliphatic carboxylic acids is 1. The first-order valence-corrected chi connectivity index (χ1v) is 8.20. The lowest BCUT2D eigenvalue weighted by atomic mass is 9.86. The molecule has 2 fully saturated rings. The summed E-state index contributed by atoms with van der Waals surface area (Å²) in [6, 6.07) is 0.154. The van der Waals surface area contributed by atoms with Gasteiger partial charge in [0.15, 0.2) is 0 Å². The fraction of sp³-hybridized carbons (Fsp3) is 0.875. The molecule has 0 aromatic rings. The number of rotatable bonds is 3. The van der Waals surface area contributed by atoms with E-state index in [1.54, 1.807) is 9.80 Å². The van der Waals surface area contributed by atoms with Crippen LogP contribution in [0.3, 0.4) is 0 Å². The lowest BCUT2D eigenvalue weighted by Gasteiger charge is -2.40. The molecule has 3 atom stereocenters. The summed E-state index contributed by atoms with van der Waals surface area (Å²) < 4.78 is 0. The fourth-order valence-corrected chi connectivity index (χ4v) is 4.00. The van der Waals surface area contributed by atoms with Crippen molar-refractivity contribution in [2.24, 2.45) is 5.92 Å². The van der Waals surface area contributed by atoms with Crippen LogP contribution in [0.1, 0.15) is 58.8 Å². The van der Waals surface area contributed by atoms with Crippen LogP contribution in [-0.4, -0.2) is 52.1 Å². The Morgan fingerprint density at radius 1 is 1.33 bits per heavy atom. The van der Waals surface area contributed by atoms with E-state index in [9.17, 15) is 14.7 Å². The molecule has 0 spiro atoms. The summed E-state index contributed by atoms with van der Waals surface area (Å²) in [5.41, 5.74) is -0.994. The van der Waals surface area contributed by atoms with Gasteiger partial charge >= 0.3 is 12.0 Å². The number of urea groups is 1. The fourth-order valence-electron chi connectivity index (χ4n) is 4.00. The van der Waals surface area contributed by atoms with Crippen LogP contribution in [0.25, 0.3) is 0 Å². The molecule has 21 heavy (non-hydrogen) atoms. The minimum atomic E-state index is -0.994. The average Bonchev–Trinajstić information content (AvgIpc) is 2.90. The van der Waals surface area contributed by atoms with Crippen molar-refractivity contribution in [2.75, 3.05) is 13.6 Å². The quantitative estimate of drug-likeness (QED) is 0.871. The highest BCUT2D eigenvalue weighted by molar-refractivity contribution is 5.87. The van der Waals surface area contributed by atoms with E-state index in [0.717, 1.165) is 25.7 Å². The molecule has 5 heteroatoms. The molecule has 120 valence electrons. The summed E-state index contributed by atoms with van der Waals surface area (Å²) >= 11 is 0. The van der Waals surface area contributed by atoms with Crippen molar-refractivity contribution in [1.29, 1.82) is 0 Å². The van der Waals surface area contributed by atoms with E-state index in [4.69, 9.17) is 0 Å². The highest BCUT2D eigenvalue weighted by Crippen LogP contribution is 2.35. The molecular weight excluding hydrogens is 268 g/mol. The first-order valence-electron chi connectivity index (χ1n) is 8.20. The van der Waals surface area contributed by atoms with Gasteiger partial charge in [-0.25, -0.2) is 9.59 Å². The summed E-state index contributed by atoms with van der Waals surface area (Å²) in [6.07, 6.45) is 6.27. The molecule has 0 radical (unpaired) electrons. The maximum atomic E-state index is 12.8. The van der Waals surface area contributed by atoms with Crippen molar-refractivity contribution < 1.29 is 14.7 Å². The van der Waals surface area contributed by atoms with E-state index in [1.165, 1.54) is 6.42 Å². The number of carboxylic acid groups (broad SMARTS) is 1. The molecule has 1 heterocycles. The first-order chi connectivity index (χ1) is 9.92. The van der Waals surface area contributed by atoms with Crippen LogP contribution in [-0.2, 0) is 4.79 Å². The molecule has 2 amide bonds. The van der Waals surface area contributed by atoms with Crippen molar-refractivity contribution in [3.63, 3.8) is 0 Å². The summed E-state index contributed by atoms with van der Waals surface area (Å²) in [7, 11) is 1.84. The monoisotopic (exact) mass is 296 g/mol. The average molecular weight is 296 g/mol. The number of carbonyl (C=O) groups excluding carboxylic acids is 1. The van der Waals surface area contributed by atoms with Crippen molar-refractivity contribution in [2.45, 2.75) is 70.4 Å². The summed E-state index contributed by atoms with van der Waals surface area (Å²) in [4.78, 5) is 27.9. The molecule has 1 N–H and O–H groups in total. The Morgan fingerprint density at radius 2 is 2.05 bits per heavy atom. The molecule has 0 aromatic heterocycles. The summed E-state index contributed by atoms with van der Waals surface area (Å²) in [5.74, 6) is -0.214. The van der Waals surface area contributed by atoms with E-state index in [1.807, 2.05) is 14.0 Å². The van der Waals surface area contributed by atoms with Crippen molar-refractivity contribution >= 4 is 12.0 Å². The number of carbonyl (C=O) groups is 2. The Kier molecular flexibility index (Phi) is 4.79. The second-order valence-electron chi connectivity index (χ2n) is 6.76. The summed E-state index contributed by atoms with van der Waals surface area (Å²) in [6.45, 7) is 4.65. The van der Waals surface area contributed by atoms with Gasteiger partial charge in [0.25, 0.3) is 0 Å². The maximum absolute atomic E-state index is 12.8. The van der Waals surface area contributed by atoms with E-state index in [-0.39, 0.29) is 12.1 Å². The van der Waals surface area contributed by atoms with Gasteiger partial charge in [-0.1, -0.05) is 26.7 Å². The second kappa shape index (κ2) is 6.24. The highest BCUT2D eigenvalue weighted by Gasteiger charge is 2.49. The third kappa shape index (κ3) is 2.87. The number of amides is 2. The van der Waals surface area contributed by atoms with Gasteiger partial charge in [0.2, 0.25) is 0 Å². The summed E-state index contributed by atoms with van der Waals surface area (Å²) in [5, 5.41) is 9.60. The smallest absolute Gasteiger partial charge is 0.329 e. The van der Waals surface area contributed by atoms with E-state index in [2.05, 4.69) is 6.92 Å². The molecule has 2 rings (SSSR count). The Balaban J connectivity index is 2.12. The Morgan fingerprint density at radius 3 is 2.62 bits per heavy atom. The van der Waals surface area contributed by atoms with Crippen molar-refractivity contribution in [1.82, 2.24) is 9.80 Å². The van der Waals surface area contributed by atoms with Crippen molar-refractivity contribution in [3.05, 3.63) is 0 Å². The van der Waals surface area contributed by atoms with Crippen LogP contribution >= 0.6 is 0 Å². The standard InChI is InChI=1S/C16H28N2O3/c1-4-16(14(19)20)9-6-10-18(16)15(21)17(3)13-8-5-7-12(2)11-13/h12-13H,4-11H2,1-3H3,(H,19,20). The topological polar surface area (TPSA) is 60.9 Å². The number of hydrogen-bond donors (Lipinski definition) is 1. The van der Waals surface area contributed by atoms with Crippen LogP contribution in [0.5, 0.6) is 0 Å². The zero-order chi connectivity index (χ0) is 15.6. The Labute approximate surface area is 127 Å². The molecule has 1 aliphatic carbocycles. The molecule has 3 unspecified atom stereocenters. The Hall–Kier alpha value is -1.26. The first kappa shape index (κ1) is 16.1. The highest BCUT2D eigenvalue weighted by atomic mass is 16.4. The lowest BCUT2D eigenvalue weighted by Crippen LogP contribution is -2.57. The van der Waals surface area contributed by atoms with E-state index < -0.39 is 11.5 Å². The normalized spacial score (nSPS) is 33.0. The van der Waals surface area contributed by atoms with Gasteiger partial charge in [-0.15, -0.1) is 0 Å². The third-order valence-electron chi connectivity index (χ3n) is 5.46. The molecule has 1 saturated carbocycles. The van der Waals surface area contributed by atoms with Crippen molar-refractivity contribution in [3.8, 4) is 0 Å². The van der Waals surface area contributed by atoms with Crippen LogP contribution in [0.2, 0.25) is 0 Å². The van der Waals surface area contributed by atoms with Gasteiger partial charge in [0.1, 0.15) is 5.54 Å². The number of carboxylic acids is 1. The minimum absolute atomic E-state index is 0.101. The number of likely N-dealkylation sites (tertiary alicyclic amines) is 1. The molecular formula is C16H28N2O3. The lowest BCUT2D eigenvalue weighted by molar-refractivity contribution is -0.148. The van der Waals surface area contributed by atoms with Crippen LogP contribution in [0.15, 0.2) is 0 Å². The maximum Gasteiger partial charge on any atom is 0.329 e. The largest absolute Gasteiger partial charge is 0.479 e. The molecule has 5 nitrogen and oxygen atoms in total.